The van der Waals surface area contributed by atoms with Gasteiger partial charge < -0.3 is 16.4 Å². The first kappa shape index (κ1) is 24.2. The van der Waals surface area contributed by atoms with E-state index in [1.165, 1.54) is 10.8 Å². The number of nitrogens with two attached hydrogens (primary N) is 1. The number of amides is 1. The molecule has 0 bridgehead atoms. The van der Waals surface area contributed by atoms with E-state index in [4.69, 9.17) is 5.73 Å². The van der Waals surface area contributed by atoms with E-state index < -0.39 is 29.2 Å². The molecule has 184 valence electrons. The summed E-state index contributed by atoms with van der Waals surface area (Å²) in [6.07, 6.45) is -2.65. The molecule has 3 heterocycles. The molecule has 0 aliphatic carbocycles. The number of carbonyl (C=O) groups excluding carboxylic acids is 1. The molecule has 1 aromatic carbocycles. The second kappa shape index (κ2) is 9.35. The van der Waals surface area contributed by atoms with Crippen LogP contribution in [0.2, 0.25) is 0 Å². The van der Waals surface area contributed by atoms with Crippen molar-refractivity contribution in [3.8, 4) is 0 Å². The third kappa shape index (κ3) is 5.26. The van der Waals surface area contributed by atoms with Crippen LogP contribution in [0.3, 0.4) is 0 Å². The van der Waals surface area contributed by atoms with Crippen molar-refractivity contribution < 1.29 is 22.4 Å². The molecule has 2 aromatic heterocycles. The van der Waals surface area contributed by atoms with E-state index in [1.54, 1.807) is 19.1 Å². The lowest BCUT2D eigenvalue weighted by atomic mass is 10.1. The van der Waals surface area contributed by atoms with Crippen LogP contribution in [-0.4, -0.2) is 20.4 Å². The molecule has 35 heavy (non-hydrogen) atoms. The van der Waals surface area contributed by atoms with Gasteiger partial charge in [0.05, 0.1) is 11.8 Å². The molecule has 4 N–H and O–H groups in total. The highest BCUT2D eigenvalue weighted by Gasteiger charge is 2.32. The Morgan fingerprint density at radius 1 is 1.23 bits per heavy atom. The number of hydrogen-bond acceptors (Lipinski definition) is 6. The number of hydrogen-bond donors (Lipinski definition) is 3. The van der Waals surface area contributed by atoms with Gasteiger partial charge in [-0.3, -0.25) is 14.2 Å². The monoisotopic (exact) mass is 490 g/mol. The van der Waals surface area contributed by atoms with Crippen molar-refractivity contribution in [1.29, 1.82) is 0 Å². The minimum Gasteiger partial charge on any atom is -0.384 e. The number of fused-ring (bicyclic) bond motifs is 1. The van der Waals surface area contributed by atoms with Crippen LogP contribution in [0.15, 0.2) is 41.3 Å². The predicted octanol–water partition coefficient (Wildman–Crippen LogP) is 3.10. The van der Waals surface area contributed by atoms with Crippen molar-refractivity contribution in [3.63, 3.8) is 0 Å². The Hall–Kier alpha value is -3.96. The molecule has 0 saturated carbocycles. The lowest BCUT2D eigenvalue weighted by molar-refractivity contribution is -0.137. The fourth-order valence-corrected chi connectivity index (χ4v) is 3.98. The third-order valence-corrected chi connectivity index (χ3v) is 5.76. The summed E-state index contributed by atoms with van der Waals surface area (Å²) in [5, 5.41) is 5.51. The van der Waals surface area contributed by atoms with E-state index in [1.807, 2.05) is 0 Å². The molecule has 1 amide bonds. The molecule has 0 unspecified atom stereocenters. The summed E-state index contributed by atoms with van der Waals surface area (Å²) in [5.41, 5.74) is 5.43. The number of halogens is 4. The van der Waals surface area contributed by atoms with Crippen molar-refractivity contribution in [1.82, 2.24) is 19.9 Å². The Kier molecular flexibility index (Phi) is 6.46. The number of alkyl halides is 3. The van der Waals surface area contributed by atoms with E-state index >= 15 is 0 Å². The molecular weight excluding hydrogens is 468 g/mol. The Labute approximate surface area is 197 Å². The predicted molar refractivity (Wildman–Crippen MR) is 120 cm³/mol. The minimum absolute atomic E-state index is 0.00370. The number of nitrogens with one attached hydrogen (secondary N) is 2. The van der Waals surface area contributed by atoms with Crippen LogP contribution in [0.25, 0.3) is 0 Å². The van der Waals surface area contributed by atoms with Crippen LogP contribution in [0.4, 0.5) is 29.1 Å². The summed E-state index contributed by atoms with van der Waals surface area (Å²) >= 11 is 0. The highest BCUT2D eigenvalue weighted by molar-refractivity contribution is 5.81. The van der Waals surface area contributed by atoms with Crippen molar-refractivity contribution in [3.05, 3.63) is 80.9 Å². The second-order valence-electron chi connectivity index (χ2n) is 8.22. The minimum atomic E-state index is -4.70. The van der Waals surface area contributed by atoms with E-state index in [2.05, 4.69) is 20.6 Å². The Balaban J connectivity index is 1.49. The number of nitrogen functional groups attached to an aromatic ring is 1. The van der Waals surface area contributed by atoms with Crippen molar-refractivity contribution in [2.45, 2.75) is 45.1 Å². The Morgan fingerprint density at radius 2 is 2.00 bits per heavy atom. The zero-order valence-corrected chi connectivity index (χ0v) is 18.6. The number of carbonyl (C=O) groups is 1. The summed E-state index contributed by atoms with van der Waals surface area (Å²) in [5.74, 6) is -0.617. The third-order valence-electron chi connectivity index (χ3n) is 5.76. The molecular formula is C23H22F4N6O2. The van der Waals surface area contributed by atoms with Gasteiger partial charge in [0.2, 0.25) is 5.91 Å². The molecule has 0 fully saturated rings. The van der Waals surface area contributed by atoms with Crippen LogP contribution >= 0.6 is 0 Å². The number of anilines is 2. The van der Waals surface area contributed by atoms with Crippen LogP contribution < -0.4 is 21.9 Å². The largest absolute Gasteiger partial charge is 0.416 e. The van der Waals surface area contributed by atoms with E-state index in [-0.39, 0.29) is 30.2 Å². The SMILES string of the molecule is Cc1nc(N)ccc1CNC(=O)[C@@H]1CCc2ncc(NCc3cc(F)cc(C(F)(F)F)c3)c(=O)n21. The van der Waals surface area contributed by atoms with Crippen molar-refractivity contribution in [2.75, 3.05) is 11.1 Å². The molecule has 0 spiro atoms. The lowest BCUT2D eigenvalue weighted by Crippen LogP contribution is -2.36. The van der Waals surface area contributed by atoms with Crippen LogP contribution in [-0.2, 0) is 30.5 Å². The fraction of sp³-hybridized carbons (Fsp3) is 0.304. The summed E-state index contributed by atoms with van der Waals surface area (Å²) in [7, 11) is 0. The summed E-state index contributed by atoms with van der Waals surface area (Å²) in [4.78, 5) is 34.3. The molecule has 1 aliphatic heterocycles. The van der Waals surface area contributed by atoms with Gasteiger partial charge in [-0.1, -0.05) is 6.07 Å². The van der Waals surface area contributed by atoms with Gasteiger partial charge in [-0.25, -0.2) is 14.4 Å². The van der Waals surface area contributed by atoms with Gasteiger partial charge in [-0.2, -0.15) is 13.2 Å². The van der Waals surface area contributed by atoms with E-state index in [0.29, 0.717) is 36.2 Å². The van der Waals surface area contributed by atoms with Crippen molar-refractivity contribution >= 4 is 17.4 Å². The standard InChI is InChI=1S/C23H22F4N6O2/c1-12-14(2-4-19(28)32-12)10-31-21(34)18-3-5-20-30-11-17(22(35)33(18)20)29-9-13-6-15(23(25,26)27)8-16(24)7-13/h2,4,6-8,11,18,29H,3,5,9-10H2,1H3,(H2,28,32)(H,31,34)/t18-/m0/s1. The van der Waals surface area contributed by atoms with Gasteiger partial charge in [0.15, 0.2) is 0 Å². The number of aryl methyl sites for hydroxylation is 2. The van der Waals surface area contributed by atoms with Gasteiger partial charge in [-0.15, -0.1) is 0 Å². The topological polar surface area (TPSA) is 115 Å². The molecule has 0 saturated heterocycles. The normalized spacial score (nSPS) is 15.1. The average molecular weight is 490 g/mol. The summed E-state index contributed by atoms with van der Waals surface area (Å²) < 4.78 is 53.8. The highest BCUT2D eigenvalue weighted by atomic mass is 19.4. The summed E-state index contributed by atoms with van der Waals surface area (Å²) in [6.45, 7) is 1.73. The first-order valence-electron chi connectivity index (χ1n) is 10.7. The molecule has 0 radical (unpaired) electrons. The molecule has 1 atom stereocenters. The van der Waals surface area contributed by atoms with Gasteiger partial charge in [0.1, 0.15) is 29.2 Å². The molecule has 3 aromatic rings. The molecule has 1 aliphatic rings. The number of benzene rings is 1. The maximum Gasteiger partial charge on any atom is 0.416 e. The van der Waals surface area contributed by atoms with E-state index in [9.17, 15) is 27.2 Å². The molecule has 12 heteroatoms. The number of pyridine rings is 1. The highest BCUT2D eigenvalue weighted by Crippen LogP contribution is 2.30. The van der Waals surface area contributed by atoms with Crippen molar-refractivity contribution in [2.24, 2.45) is 0 Å². The Bertz CT molecular complexity index is 1340. The zero-order chi connectivity index (χ0) is 25.3. The number of nitrogens with zero attached hydrogens (tertiary/aromatic N) is 3. The maximum atomic E-state index is 13.7. The first-order valence-corrected chi connectivity index (χ1v) is 10.7. The zero-order valence-electron chi connectivity index (χ0n) is 18.6. The average Bonchev–Trinajstić information content (AvgIpc) is 3.22. The number of rotatable bonds is 6. The quantitative estimate of drug-likeness (QED) is 0.458. The maximum absolute atomic E-state index is 13.7. The second-order valence-corrected chi connectivity index (χ2v) is 8.22. The molecule has 4 rings (SSSR count). The van der Waals surface area contributed by atoms with Gasteiger partial charge >= 0.3 is 6.18 Å². The van der Waals surface area contributed by atoms with E-state index in [0.717, 1.165) is 17.7 Å². The first-order chi connectivity index (χ1) is 16.5. The summed E-state index contributed by atoms with van der Waals surface area (Å²) in [6, 6.07) is 4.75. The van der Waals surface area contributed by atoms with Gasteiger partial charge in [0, 0.05) is 25.2 Å². The lowest BCUT2D eigenvalue weighted by Gasteiger charge is -2.16. The van der Waals surface area contributed by atoms with Crippen LogP contribution in [0, 0.1) is 12.7 Å². The van der Waals surface area contributed by atoms with Crippen LogP contribution in [0.5, 0.6) is 0 Å². The Morgan fingerprint density at radius 3 is 2.71 bits per heavy atom. The smallest absolute Gasteiger partial charge is 0.384 e. The fourth-order valence-electron chi connectivity index (χ4n) is 3.98. The van der Waals surface area contributed by atoms with Gasteiger partial charge in [-0.05, 0) is 48.7 Å². The van der Waals surface area contributed by atoms with Crippen LogP contribution in [0.1, 0.15) is 40.7 Å². The number of aromatic nitrogens is 3. The van der Waals surface area contributed by atoms with Gasteiger partial charge in [0.25, 0.3) is 5.56 Å². The molecule has 8 nitrogen and oxygen atoms in total.